The Morgan fingerprint density at radius 2 is 1.77 bits per heavy atom. The van der Waals surface area contributed by atoms with E-state index in [-0.39, 0.29) is 5.91 Å². The molecule has 0 spiro atoms. The Morgan fingerprint density at radius 3 is 2.53 bits per heavy atom. The Hall–Kier alpha value is -2.53. The smallest absolute Gasteiger partial charge is 0.221 e. The first-order valence-electron chi connectivity index (χ1n) is 10.9. The van der Waals surface area contributed by atoms with Gasteiger partial charge in [0.1, 0.15) is 4.99 Å². The predicted molar refractivity (Wildman–Crippen MR) is 127 cm³/mol. The van der Waals surface area contributed by atoms with Crippen LogP contribution in [0.2, 0.25) is 0 Å². The number of amides is 1. The van der Waals surface area contributed by atoms with Crippen molar-refractivity contribution in [2.75, 3.05) is 11.9 Å². The molecule has 1 fully saturated rings. The van der Waals surface area contributed by atoms with Crippen LogP contribution in [0.1, 0.15) is 56.1 Å². The Bertz CT molecular complexity index is 934. The number of aliphatic imine (C=N–C) groups is 1. The van der Waals surface area contributed by atoms with Gasteiger partial charge in [-0.25, -0.2) is 0 Å². The number of anilines is 1. The molecule has 1 atom stereocenters. The van der Waals surface area contributed by atoms with Crippen molar-refractivity contribution in [2.24, 2.45) is 10.9 Å². The van der Waals surface area contributed by atoms with E-state index in [1.54, 1.807) is 0 Å². The lowest BCUT2D eigenvalue weighted by atomic mass is 9.86. The van der Waals surface area contributed by atoms with Crippen molar-refractivity contribution in [1.82, 2.24) is 5.32 Å². The van der Waals surface area contributed by atoms with Crippen LogP contribution in [-0.2, 0) is 4.79 Å². The third-order valence-corrected chi connectivity index (χ3v) is 6.69. The van der Waals surface area contributed by atoms with Gasteiger partial charge in [0, 0.05) is 24.6 Å². The summed E-state index contributed by atoms with van der Waals surface area (Å²) >= 11 is 5.75. The number of carbonyl (C=O) groups excluding carboxylic acids is 1. The fraction of sp³-hybridized carbons (Fsp3) is 0.400. The lowest BCUT2D eigenvalue weighted by Gasteiger charge is -2.24. The molecule has 0 radical (unpaired) electrons. The average molecular weight is 420 g/mol. The fourth-order valence-electron chi connectivity index (χ4n) is 4.48. The van der Waals surface area contributed by atoms with Gasteiger partial charge in [0.2, 0.25) is 5.91 Å². The zero-order valence-electron chi connectivity index (χ0n) is 17.5. The summed E-state index contributed by atoms with van der Waals surface area (Å²) in [7, 11) is 1.95. The molecule has 5 heteroatoms. The number of benzodiazepines with no additional fused rings is 1. The first-order valence-corrected chi connectivity index (χ1v) is 11.3. The van der Waals surface area contributed by atoms with Gasteiger partial charge in [-0.3, -0.25) is 9.79 Å². The zero-order chi connectivity index (χ0) is 20.9. The van der Waals surface area contributed by atoms with Gasteiger partial charge in [-0.05, 0) is 18.4 Å². The van der Waals surface area contributed by atoms with Crippen molar-refractivity contribution in [3.05, 3.63) is 65.7 Å². The highest BCUT2D eigenvalue weighted by Crippen LogP contribution is 2.29. The quantitative estimate of drug-likeness (QED) is 0.686. The lowest BCUT2D eigenvalue weighted by Crippen LogP contribution is -2.45. The first-order chi connectivity index (χ1) is 14.6. The third-order valence-electron chi connectivity index (χ3n) is 6.19. The van der Waals surface area contributed by atoms with E-state index >= 15 is 0 Å². The van der Waals surface area contributed by atoms with Crippen LogP contribution < -0.4 is 10.2 Å². The number of likely N-dealkylation sites (N-methyl/N-ethyl adjacent to an activating group) is 1. The number of nitrogens with zero attached hydrogens (tertiary/aromatic N) is 2. The van der Waals surface area contributed by atoms with Gasteiger partial charge in [-0.15, -0.1) is 0 Å². The lowest BCUT2D eigenvalue weighted by molar-refractivity contribution is -0.121. The standard InChI is InChI=1S/C25H29N3OS/c1-28-21-15-9-8-14-20(21)23(19-12-6-3-7-13-19)27-24(25(28)30)26-22(29)17-16-18-10-4-2-5-11-18/h3,6-9,12-15,18,24H,2,4-5,10-11,16-17H2,1H3,(H,26,29). The molecular formula is C25H29N3OS. The predicted octanol–water partition coefficient (Wildman–Crippen LogP) is 5.10. The molecule has 2 aliphatic rings. The molecule has 30 heavy (non-hydrogen) atoms. The number of hydrogen-bond donors (Lipinski definition) is 1. The second-order valence-corrected chi connectivity index (χ2v) is 8.69. The molecule has 1 saturated carbocycles. The maximum atomic E-state index is 12.8. The minimum atomic E-state index is -0.550. The first kappa shape index (κ1) is 20.7. The summed E-state index contributed by atoms with van der Waals surface area (Å²) in [5.41, 5.74) is 3.90. The molecule has 1 unspecified atom stereocenters. The molecule has 2 aromatic rings. The normalized spacial score (nSPS) is 19.6. The van der Waals surface area contributed by atoms with Gasteiger partial charge >= 0.3 is 0 Å². The topological polar surface area (TPSA) is 44.7 Å². The van der Waals surface area contributed by atoms with Gasteiger partial charge in [0.05, 0.1) is 11.4 Å². The summed E-state index contributed by atoms with van der Waals surface area (Å²) in [4.78, 5) is 20.3. The summed E-state index contributed by atoms with van der Waals surface area (Å²) in [5.74, 6) is 0.712. The van der Waals surface area contributed by atoms with Crippen LogP contribution in [0, 0.1) is 5.92 Å². The molecule has 156 valence electrons. The van der Waals surface area contributed by atoms with E-state index in [4.69, 9.17) is 17.2 Å². The van der Waals surface area contributed by atoms with Crippen molar-refractivity contribution >= 4 is 34.5 Å². The Kier molecular flexibility index (Phi) is 6.58. The second kappa shape index (κ2) is 9.52. The van der Waals surface area contributed by atoms with Crippen molar-refractivity contribution in [2.45, 2.75) is 51.1 Å². The maximum absolute atomic E-state index is 12.8. The molecule has 0 aromatic heterocycles. The van der Waals surface area contributed by atoms with E-state index in [9.17, 15) is 4.79 Å². The van der Waals surface area contributed by atoms with E-state index in [1.807, 2.05) is 60.5 Å². The molecule has 4 nitrogen and oxygen atoms in total. The highest BCUT2D eigenvalue weighted by Gasteiger charge is 2.28. The third kappa shape index (κ3) is 4.62. The number of benzene rings is 2. The van der Waals surface area contributed by atoms with E-state index < -0.39 is 6.17 Å². The molecule has 1 amide bonds. The largest absolute Gasteiger partial charge is 0.335 e. The van der Waals surface area contributed by atoms with Gasteiger partial charge < -0.3 is 10.2 Å². The molecule has 2 aromatic carbocycles. The molecule has 1 heterocycles. The van der Waals surface area contributed by atoms with E-state index in [2.05, 4.69) is 11.4 Å². The number of fused-ring (bicyclic) bond motifs is 1. The van der Waals surface area contributed by atoms with Crippen LogP contribution in [0.25, 0.3) is 0 Å². The summed E-state index contributed by atoms with van der Waals surface area (Å²) < 4.78 is 0. The van der Waals surface area contributed by atoms with Crippen molar-refractivity contribution in [1.29, 1.82) is 0 Å². The van der Waals surface area contributed by atoms with E-state index in [0.717, 1.165) is 28.9 Å². The minimum absolute atomic E-state index is 0.0310. The van der Waals surface area contributed by atoms with Gasteiger partial charge in [-0.2, -0.15) is 0 Å². The highest BCUT2D eigenvalue weighted by molar-refractivity contribution is 7.80. The molecule has 4 rings (SSSR count). The number of carbonyl (C=O) groups is 1. The highest BCUT2D eigenvalue weighted by atomic mass is 32.1. The van der Waals surface area contributed by atoms with Crippen LogP contribution in [0.15, 0.2) is 59.6 Å². The SMILES string of the molecule is CN1C(=S)C(NC(=O)CCC2CCCCC2)N=C(c2ccccc2)c2ccccc21. The Morgan fingerprint density at radius 1 is 1.07 bits per heavy atom. The van der Waals surface area contributed by atoms with Crippen molar-refractivity contribution in [3.63, 3.8) is 0 Å². The Labute approximate surface area is 184 Å². The zero-order valence-corrected chi connectivity index (χ0v) is 18.3. The second-order valence-electron chi connectivity index (χ2n) is 8.27. The fourth-order valence-corrected chi connectivity index (χ4v) is 4.69. The van der Waals surface area contributed by atoms with Crippen LogP contribution >= 0.6 is 12.2 Å². The van der Waals surface area contributed by atoms with Crippen LogP contribution in [0.4, 0.5) is 5.69 Å². The molecule has 0 saturated heterocycles. The summed E-state index contributed by atoms with van der Waals surface area (Å²) in [6, 6.07) is 18.2. The van der Waals surface area contributed by atoms with Crippen molar-refractivity contribution in [3.8, 4) is 0 Å². The van der Waals surface area contributed by atoms with Gasteiger partial charge in [0.25, 0.3) is 0 Å². The number of para-hydroxylation sites is 1. The van der Waals surface area contributed by atoms with E-state index in [0.29, 0.717) is 17.3 Å². The van der Waals surface area contributed by atoms with Crippen LogP contribution in [0.5, 0.6) is 0 Å². The number of thiocarbonyl (C=S) groups is 1. The molecule has 1 aliphatic heterocycles. The number of nitrogens with one attached hydrogen (secondary N) is 1. The maximum Gasteiger partial charge on any atom is 0.221 e. The molecule has 1 aliphatic carbocycles. The number of hydrogen-bond acceptors (Lipinski definition) is 3. The Balaban J connectivity index is 1.57. The summed E-state index contributed by atoms with van der Waals surface area (Å²) in [5, 5.41) is 3.10. The monoisotopic (exact) mass is 419 g/mol. The summed E-state index contributed by atoms with van der Waals surface area (Å²) in [6.45, 7) is 0. The summed E-state index contributed by atoms with van der Waals surface area (Å²) in [6.07, 6.45) is 7.38. The van der Waals surface area contributed by atoms with Crippen LogP contribution in [0.3, 0.4) is 0 Å². The van der Waals surface area contributed by atoms with Gasteiger partial charge in [-0.1, -0.05) is 92.9 Å². The number of rotatable bonds is 5. The van der Waals surface area contributed by atoms with Crippen LogP contribution in [-0.4, -0.2) is 29.8 Å². The molecule has 1 N–H and O–H groups in total. The van der Waals surface area contributed by atoms with Crippen molar-refractivity contribution < 1.29 is 4.79 Å². The van der Waals surface area contributed by atoms with E-state index in [1.165, 1.54) is 32.1 Å². The average Bonchev–Trinajstić information content (AvgIpc) is 2.90. The molecular weight excluding hydrogens is 390 g/mol. The van der Waals surface area contributed by atoms with Gasteiger partial charge in [0.15, 0.2) is 6.17 Å². The minimum Gasteiger partial charge on any atom is -0.335 e. The molecule has 0 bridgehead atoms.